The normalized spacial score (nSPS) is 22.2. The Bertz CT molecular complexity index is 1390. The highest BCUT2D eigenvalue weighted by Crippen LogP contribution is 2.33. The van der Waals surface area contributed by atoms with E-state index in [1.54, 1.807) is 6.07 Å². The summed E-state index contributed by atoms with van der Waals surface area (Å²) in [4.78, 5) is 44.8. The monoisotopic (exact) mass is 488 g/mol. The first kappa shape index (κ1) is 22.6. The van der Waals surface area contributed by atoms with E-state index in [0.717, 1.165) is 29.4 Å². The van der Waals surface area contributed by atoms with E-state index in [0.29, 0.717) is 18.7 Å². The summed E-state index contributed by atoms with van der Waals surface area (Å²) in [7, 11) is 0. The quantitative estimate of drug-likeness (QED) is 0.556. The minimum Gasteiger partial charge on any atom is -0.486 e. The zero-order valence-corrected chi connectivity index (χ0v) is 19.6. The van der Waals surface area contributed by atoms with Gasteiger partial charge in [-0.2, -0.15) is 0 Å². The highest BCUT2D eigenvalue weighted by molar-refractivity contribution is 6.05. The Hall–Kier alpha value is -3.85. The molecule has 3 aliphatic heterocycles. The second-order valence-corrected chi connectivity index (χ2v) is 9.63. The third-order valence-electron chi connectivity index (χ3n) is 7.17. The molecule has 0 bridgehead atoms. The van der Waals surface area contributed by atoms with Gasteiger partial charge in [-0.1, -0.05) is 24.3 Å². The number of halogens is 1. The van der Waals surface area contributed by atoms with Crippen LogP contribution in [0.2, 0.25) is 0 Å². The molecule has 3 aromatic rings. The van der Waals surface area contributed by atoms with E-state index in [1.807, 2.05) is 24.4 Å². The number of likely N-dealkylation sites (tertiary alicyclic amines) is 1. The van der Waals surface area contributed by atoms with Crippen molar-refractivity contribution in [3.63, 3.8) is 0 Å². The lowest BCUT2D eigenvalue weighted by Crippen LogP contribution is -2.52. The molecule has 2 aromatic carbocycles. The minimum atomic E-state index is -0.734. The molecule has 1 N–H and O–H groups in total. The van der Waals surface area contributed by atoms with Crippen LogP contribution in [-0.4, -0.2) is 57.7 Å². The summed E-state index contributed by atoms with van der Waals surface area (Å²) in [6.45, 7) is 2.33. The third kappa shape index (κ3) is 4.19. The first-order chi connectivity index (χ1) is 17.4. The van der Waals surface area contributed by atoms with Crippen LogP contribution in [0.1, 0.15) is 40.9 Å². The summed E-state index contributed by atoms with van der Waals surface area (Å²) in [5.41, 5.74) is 1.83. The number of amides is 3. The van der Waals surface area contributed by atoms with E-state index in [9.17, 15) is 18.8 Å². The number of nitrogens with zero attached hydrogens (tertiary/aromatic N) is 3. The van der Waals surface area contributed by atoms with E-state index in [2.05, 4.69) is 27.3 Å². The number of piperidine rings is 1. The van der Waals surface area contributed by atoms with Crippen LogP contribution in [0, 0.1) is 5.82 Å². The molecule has 9 heteroatoms. The Kier molecular flexibility index (Phi) is 5.64. The molecule has 1 aromatic heterocycles. The summed E-state index contributed by atoms with van der Waals surface area (Å²) in [5, 5.41) is 4.53. The molecule has 36 heavy (non-hydrogen) atoms. The van der Waals surface area contributed by atoms with Crippen molar-refractivity contribution in [2.45, 2.75) is 44.5 Å². The molecule has 4 heterocycles. The molecule has 0 saturated carbocycles. The largest absolute Gasteiger partial charge is 0.486 e. The number of carbonyl (C=O) groups excluding carboxylic acids is 3. The molecular formula is C27H25FN4O4. The van der Waals surface area contributed by atoms with E-state index in [4.69, 9.17) is 4.74 Å². The van der Waals surface area contributed by atoms with E-state index < -0.39 is 23.7 Å². The molecule has 0 radical (unpaired) electrons. The predicted octanol–water partition coefficient (Wildman–Crippen LogP) is 2.79. The fourth-order valence-electron chi connectivity index (χ4n) is 5.32. The topological polar surface area (TPSA) is 91.8 Å². The maximum Gasteiger partial charge on any atom is 0.255 e. The smallest absolute Gasteiger partial charge is 0.255 e. The average molecular weight is 489 g/mol. The van der Waals surface area contributed by atoms with Crippen LogP contribution in [0.25, 0.3) is 10.8 Å². The molecule has 0 spiro atoms. The molecule has 2 fully saturated rings. The number of hydrogen-bond acceptors (Lipinski definition) is 6. The van der Waals surface area contributed by atoms with Crippen LogP contribution in [0.15, 0.2) is 48.7 Å². The van der Waals surface area contributed by atoms with Gasteiger partial charge < -0.3 is 9.64 Å². The first-order valence-corrected chi connectivity index (χ1v) is 12.1. The summed E-state index contributed by atoms with van der Waals surface area (Å²) >= 11 is 0. The molecule has 8 nitrogen and oxygen atoms in total. The number of ether oxygens (including phenoxy) is 1. The molecular weight excluding hydrogens is 463 g/mol. The average Bonchev–Trinajstić information content (AvgIpc) is 3.43. The van der Waals surface area contributed by atoms with Gasteiger partial charge >= 0.3 is 0 Å². The van der Waals surface area contributed by atoms with Gasteiger partial charge in [-0.05, 0) is 42.0 Å². The van der Waals surface area contributed by atoms with Gasteiger partial charge in [-0.3, -0.25) is 29.6 Å². The van der Waals surface area contributed by atoms with Crippen molar-refractivity contribution in [3.05, 3.63) is 71.3 Å². The maximum absolute atomic E-state index is 14.9. The van der Waals surface area contributed by atoms with Gasteiger partial charge in [0.05, 0.1) is 5.69 Å². The van der Waals surface area contributed by atoms with Gasteiger partial charge in [0.2, 0.25) is 11.8 Å². The maximum atomic E-state index is 14.9. The van der Waals surface area contributed by atoms with E-state index in [-0.39, 0.29) is 42.7 Å². The van der Waals surface area contributed by atoms with E-state index in [1.165, 1.54) is 11.0 Å². The van der Waals surface area contributed by atoms with Crippen molar-refractivity contribution in [3.8, 4) is 5.75 Å². The number of fused-ring (bicyclic) bond motifs is 2. The molecule has 184 valence electrons. The van der Waals surface area contributed by atoms with Crippen molar-refractivity contribution in [1.29, 1.82) is 0 Å². The predicted molar refractivity (Wildman–Crippen MR) is 128 cm³/mol. The Labute approximate surface area is 207 Å². The number of nitrogens with one attached hydrogen (secondary N) is 1. The molecule has 1 unspecified atom stereocenters. The van der Waals surface area contributed by atoms with Gasteiger partial charge in [0.15, 0.2) is 11.6 Å². The zero-order chi connectivity index (χ0) is 24.8. The fourth-order valence-corrected chi connectivity index (χ4v) is 5.32. The first-order valence-electron chi connectivity index (χ1n) is 12.1. The van der Waals surface area contributed by atoms with Crippen LogP contribution in [0.4, 0.5) is 4.39 Å². The summed E-state index contributed by atoms with van der Waals surface area (Å²) in [5.74, 6) is -1.72. The highest BCUT2D eigenvalue weighted by Gasteiger charge is 2.40. The summed E-state index contributed by atoms with van der Waals surface area (Å²) < 4.78 is 20.9. The Balaban J connectivity index is 1.11. The number of aromatic nitrogens is 1. The highest BCUT2D eigenvalue weighted by atomic mass is 19.1. The Morgan fingerprint density at radius 2 is 1.92 bits per heavy atom. The van der Waals surface area contributed by atoms with Gasteiger partial charge in [0.1, 0.15) is 12.1 Å². The summed E-state index contributed by atoms with van der Waals surface area (Å²) in [6, 6.07) is 12.2. The standard InChI is InChI=1S/C27H25FN4O4/c28-22-11-21-18(13-32(27(21)35)23-5-6-25(33)30-26(23)34)10-24(22)36-20-7-8-31(15-20)14-19-9-16-3-1-2-4-17(16)12-29-19/h1-4,9-12,20,23H,5-8,13-15H2,(H,30,33,34)/t20-,23?/m0/s1. The molecule has 3 amide bonds. The number of imide groups is 1. The SMILES string of the molecule is O=C1CCC(N2Cc3cc(O[C@H]4CCN(Cc5cc6ccccc6cn5)C4)c(F)cc3C2=O)C(=O)N1. The van der Waals surface area contributed by atoms with Crippen LogP contribution in [-0.2, 0) is 22.7 Å². The van der Waals surface area contributed by atoms with Crippen molar-refractivity contribution in [2.75, 3.05) is 13.1 Å². The van der Waals surface area contributed by atoms with Crippen LogP contribution < -0.4 is 10.1 Å². The number of rotatable bonds is 5. The van der Waals surface area contributed by atoms with Crippen molar-refractivity contribution < 1.29 is 23.5 Å². The molecule has 0 aliphatic carbocycles. The minimum absolute atomic E-state index is 0.113. The van der Waals surface area contributed by atoms with Crippen molar-refractivity contribution in [2.24, 2.45) is 0 Å². The second kappa shape index (κ2) is 8.98. The lowest BCUT2D eigenvalue weighted by atomic mass is 10.0. The number of carbonyl (C=O) groups is 3. The van der Waals surface area contributed by atoms with Gasteiger partial charge in [-0.15, -0.1) is 0 Å². The third-order valence-corrected chi connectivity index (χ3v) is 7.17. The van der Waals surface area contributed by atoms with Crippen molar-refractivity contribution in [1.82, 2.24) is 20.1 Å². The van der Waals surface area contributed by atoms with Crippen molar-refractivity contribution >= 4 is 28.5 Å². The number of pyridine rings is 1. The zero-order valence-electron chi connectivity index (χ0n) is 19.6. The van der Waals surface area contributed by atoms with E-state index >= 15 is 0 Å². The van der Waals surface area contributed by atoms with Crippen LogP contribution >= 0.6 is 0 Å². The molecule has 3 aliphatic rings. The van der Waals surface area contributed by atoms with Gasteiger partial charge in [0.25, 0.3) is 5.91 Å². The number of hydrogen-bond donors (Lipinski definition) is 1. The summed E-state index contributed by atoms with van der Waals surface area (Å²) in [6.07, 6.45) is 2.90. The molecule has 6 rings (SSSR count). The lowest BCUT2D eigenvalue weighted by molar-refractivity contribution is -0.136. The van der Waals surface area contributed by atoms with Crippen LogP contribution in [0.3, 0.4) is 0 Å². The fraction of sp³-hybridized carbons (Fsp3) is 0.333. The van der Waals surface area contributed by atoms with Crippen LogP contribution in [0.5, 0.6) is 5.75 Å². The Morgan fingerprint density at radius 3 is 2.75 bits per heavy atom. The molecule has 2 saturated heterocycles. The molecule has 2 atom stereocenters. The van der Waals surface area contributed by atoms with Gasteiger partial charge in [-0.25, -0.2) is 4.39 Å². The second-order valence-electron chi connectivity index (χ2n) is 9.63. The van der Waals surface area contributed by atoms with Gasteiger partial charge in [0, 0.05) is 49.7 Å². The lowest BCUT2D eigenvalue weighted by Gasteiger charge is -2.29. The Morgan fingerprint density at radius 1 is 1.08 bits per heavy atom. The number of benzene rings is 2.